The molecule has 1 atom stereocenters. The van der Waals surface area contributed by atoms with Crippen LogP contribution in [0.3, 0.4) is 0 Å². The standard InChI is InChI=1S/C19H20N4O3/c1-23-10-12(8-21-23)17(11-6-13(24)7-11)22-19(26)16-9-20-18(25)15-5-3-2-4-14(15)16/h2-5,8-11,13,17,24H,6-7H2,1H3,(H,20,25)(H,22,26)/t11?,13?,17-/m1/s1. The summed E-state index contributed by atoms with van der Waals surface area (Å²) in [6, 6.07) is 6.81. The largest absolute Gasteiger partial charge is 0.393 e. The van der Waals surface area contributed by atoms with E-state index in [0.29, 0.717) is 29.2 Å². The molecule has 4 rings (SSSR count). The minimum absolute atomic E-state index is 0.159. The lowest BCUT2D eigenvalue weighted by atomic mass is 9.75. The third-order valence-corrected chi connectivity index (χ3v) is 5.05. The highest BCUT2D eigenvalue weighted by Crippen LogP contribution is 2.38. The Balaban J connectivity index is 1.67. The summed E-state index contributed by atoms with van der Waals surface area (Å²) in [4.78, 5) is 27.6. The molecule has 7 heteroatoms. The molecule has 3 aromatic rings. The Kier molecular flexibility index (Phi) is 4.08. The van der Waals surface area contributed by atoms with Gasteiger partial charge in [0.15, 0.2) is 0 Å². The van der Waals surface area contributed by atoms with E-state index in [4.69, 9.17) is 0 Å². The normalized spacial score (nSPS) is 20.5. The van der Waals surface area contributed by atoms with E-state index in [1.165, 1.54) is 6.20 Å². The van der Waals surface area contributed by atoms with Gasteiger partial charge in [0.25, 0.3) is 11.5 Å². The fourth-order valence-corrected chi connectivity index (χ4v) is 3.59. The highest BCUT2D eigenvalue weighted by atomic mass is 16.3. The number of aryl methyl sites for hydroxylation is 1. The number of carbonyl (C=O) groups excluding carboxylic acids is 1. The van der Waals surface area contributed by atoms with E-state index in [-0.39, 0.29) is 29.5 Å². The van der Waals surface area contributed by atoms with Crippen molar-refractivity contribution in [3.63, 3.8) is 0 Å². The molecule has 134 valence electrons. The number of nitrogens with one attached hydrogen (secondary N) is 2. The summed E-state index contributed by atoms with van der Waals surface area (Å²) < 4.78 is 1.69. The Labute approximate surface area is 149 Å². The van der Waals surface area contributed by atoms with Gasteiger partial charge in [-0.15, -0.1) is 0 Å². The van der Waals surface area contributed by atoms with E-state index >= 15 is 0 Å². The predicted octanol–water partition coefficient (Wildman–Crippen LogP) is 1.50. The van der Waals surface area contributed by atoms with Crippen LogP contribution in [0.2, 0.25) is 0 Å². The van der Waals surface area contributed by atoms with Crippen LogP contribution in [0, 0.1) is 5.92 Å². The summed E-state index contributed by atoms with van der Waals surface area (Å²) in [5.41, 5.74) is 1.11. The molecule has 1 aromatic carbocycles. The van der Waals surface area contributed by atoms with Gasteiger partial charge in [0.05, 0.1) is 23.9 Å². The Morgan fingerprint density at radius 3 is 2.73 bits per heavy atom. The molecule has 26 heavy (non-hydrogen) atoms. The number of nitrogens with zero attached hydrogens (tertiary/aromatic N) is 2. The number of benzene rings is 1. The number of amides is 1. The number of H-pyrrole nitrogens is 1. The summed E-state index contributed by atoms with van der Waals surface area (Å²) in [7, 11) is 1.83. The molecule has 1 aliphatic rings. The summed E-state index contributed by atoms with van der Waals surface area (Å²) in [5.74, 6) is -0.0973. The molecule has 1 fully saturated rings. The molecule has 2 aromatic heterocycles. The number of rotatable bonds is 4. The van der Waals surface area contributed by atoms with Crippen molar-refractivity contribution in [2.45, 2.75) is 25.0 Å². The van der Waals surface area contributed by atoms with Crippen LogP contribution in [-0.2, 0) is 7.05 Å². The van der Waals surface area contributed by atoms with Gasteiger partial charge in [-0.1, -0.05) is 18.2 Å². The first kappa shape index (κ1) is 16.5. The summed E-state index contributed by atoms with van der Waals surface area (Å²) in [6.45, 7) is 0. The van der Waals surface area contributed by atoms with Gasteiger partial charge in [-0.25, -0.2) is 0 Å². The van der Waals surface area contributed by atoms with Crippen molar-refractivity contribution < 1.29 is 9.90 Å². The third kappa shape index (κ3) is 2.90. The average Bonchev–Trinajstić information content (AvgIpc) is 3.04. The average molecular weight is 352 g/mol. The van der Waals surface area contributed by atoms with E-state index in [1.54, 1.807) is 35.1 Å². The second kappa shape index (κ2) is 6.42. The summed E-state index contributed by atoms with van der Waals surface area (Å²) >= 11 is 0. The van der Waals surface area contributed by atoms with Crippen LogP contribution >= 0.6 is 0 Å². The Bertz CT molecular complexity index is 1020. The van der Waals surface area contributed by atoms with Crippen molar-refractivity contribution >= 4 is 16.7 Å². The summed E-state index contributed by atoms with van der Waals surface area (Å²) in [5, 5.41) is 18.0. The van der Waals surface area contributed by atoms with Gasteiger partial charge in [-0.3, -0.25) is 14.3 Å². The zero-order valence-electron chi connectivity index (χ0n) is 14.3. The monoisotopic (exact) mass is 352 g/mol. The number of pyridine rings is 1. The van der Waals surface area contributed by atoms with Gasteiger partial charge in [0.1, 0.15) is 0 Å². The second-order valence-corrected chi connectivity index (χ2v) is 6.86. The molecule has 0 saturated heterocycles. The number of aliphatic hydroxyl groups is 1. The predicted molar refractivity (Wildman–Crippen MR) is 96.7 cm³/mol. The number of hydrogen-bond donors (Lipinski definition) is 3. The van der Waals surface area contributed by atoms with Crippen molar-refractivity contribution in [3.05, 3.63) is 64.3 Å². The van der Waals surface area contributed by atoms with Gasteiger partial charge in [-0.05, 0) is 24.8 Å². The van der Waals surface area contributed by atoms with E-state index in [0.717, 1.165) is 5.56 Å². The Hall–Kier alpha value is -2.93. The van der Waals surface area contributed by atoms with Crippen LogP contribution in [0.1, 0.15) is 34.8 Å². The molecule has 3 N–H and O–H groups in total. The number of hydrogen-bond acceptors (Lipinski definition) is 4. The number of carbonyl (C=O) groups is 1. The molecule has 1 amide bonds. The van der Waals surface area contributed by atoms with Crippen LogP contribution in [0.15, 0.2) is 47.7 Å². The third-order valence-electron chi connectivity index (χ3n) is 5.05. The minimum atomic E-state index is -0.315. The maximum atomic E-state index is 13.0. The Morgan fingerprint density at radius 2 is 2.08 bits per heavy atom. The van der Waals surface area contributed by atoms with Crippen LogP contribution in [0.25, 0.3) is 10.8 Å². The number of aromatic amines is 1. The molecular formula is C19H20N4O3. The molecule has 0 radical (unpaired) electrons. The van der Waals surface area contributed by atoms with E-state index in [1.807, 2.05) is 13.2 Å². The molecule has 0 aliphatic heterocycles. The van der Waals surface area contributed by atoms with Crippen LogP contribution in [-0.4, -0.2) is 31.9 Å². The lowest BCUT2D eigenvalue weighted by molar-refractivity contribution is 0.0235. The van der Waals surface area contributed by atoms with Crippen molar-refractivity contribution in [1.29, 1.82) is 0 Å². The molecule has 2 heterocycles. The number of fused-ring (bicyclic) bond motifs is 1. The van der Waals surface area contributed by atoms with Gasteiger partial charge >= 0.3 is 0 Å². The highest BCUT2D eigenvalue weighted by Gasteiger charge is 2.36. The minimum Gasteiger partial charge on any atom is -0.393 e. The molecule has 0 unspecified atom stereocenters. The first-order valence-electron chi connectivity index (χ1n) is 8.61. The van der Waals surface area contributed by atoms with E-state index in [9.17, 15) is 14.7 Å². The first-order valence-corrected chi connectivity index (χ1v) is 8.61. The van der Waals surface area contributed by atoms with Crippen LogP contribution in [0.5, 0.6) is 0 Å². The second-order valence-electron chi connectivity index (χ2n) is 6.86. The summed E-state index contributed by atoms with van der Waals surface area (Å²) in [6.07, 6.45) is 6.04. The molecule has 1 aliphatic carbocycles. The van der Waals surface area contributed by atoms with Crippen LogP contribution in [0.4, 0.5) is 0 Å². The first-order chi connectivity index (χ1) is 12.5. The van der Waals surface area contributed by atoms with Crippen molar-refractivity contribution in [2.24, 2.45) is 13.0 Å². The zero-order valence-corrected chi connectivity index (χ0v) is 14.3. The Morgan fingerprint density at radius 1 is 1.35 bits per heavy atom. The molecule has 1 saturated carbocycles. The lowest BCUT2D eigenvalue weighted by Crippen LogP contribution is -2.41. The number of aliphatic hydroxyl groups excluding tert-OH is 1. The van der Waals surface area contributed by atoms with Gasteiger partial charge in [0.2, 0.25) is 0 Å². The highest BCUT2D eigenvalue weighted by molar-refractivity contribution is 6.06. The van der Waals surface area contributed by atoms with E-state index in [2.05, 4.69) is 15.4 Å². The molecule has 0 spiro atoms. The van der Waals surface area contributed by atoms with Crippen molar-refractivity contribution in [3.8, 4) is 0 Å². The smallest absolute Gasteiger partial charge is 0.255 e. The van der Waals surface area contributed by atoms with Crippen molar-refractivity contribution in [1.82, 2.24) is 20.1 Å². The quantitative estimate of drug-likeness (QED) is 0.662. The molecular weight excluding hydrogens is 332 g/mol. The van der Waals surface area contributed by atoms with Gasteiger partial charge < -0.3 is 15.4 Å². The molecule has 7 nitrogen and oxygen atoms in total. The lowest BCUT2D eigenvalue weighted by Gasteiger charge is -2.37. The fourth-order valence-electron chi connectivity index (χ4n) is 3.59. The van der Waals surface area contributed by atoms with Crippen LogP contribution < -0.4 is 10.9 Å². The maximum Gasteiger partial charge on any atom is 0.255 e. The zero-order chi connectivity index (χ0) is 18.3. The number of aromatic nitrogens is 3. The van der Waals surface area contributed by atoms with E-state index < -0.39 is 0 Å². The maximum absolute atomic E-state index is 13.0. The van der Waals surface area contributed by atoms with Gasteiger partial charge in [0, 0.05) is 35.8 Å². The SMILES string of the molecule is Cn1cc([C@H](NC(=O)c2c[nH]c(=O)c3ccccc23)C2CC(O)C2)cn1. The molecule has 0 bridgehead atoms. The van der Waals surface area contributed by atoms with Crippen molar-refractivity contribution in [2.75, 3.05) is 0 Å². The topological polar surface area (TPSA) is 100 Å². The fraction of sp³-hybridized carbons (Fsp3) is 0.316. The van der Waals surface area contributed by atoms with Gasteiger partial charge in [-0.2, -0.15) is 5.10 Å².